The van der Waals surface area contributed by atoms with Crippen LogP contribution in [0.3, 0.4) is 0 Å². The number of para-hydroxylation sites is 1. The molecule has 0 bridgehead atoms. The Hall–Kier alpha value is -4.89. The van der Waals surface area contributed by atoms with E-state index in [1.807, 2.05) is 85.3 Å². The number of amides is 2. The lowest BCUT2D eigenvalue weighted by atomic mass is 9.99. The SMILES string of the molecule is COc1ccccc1[C@@H]1SCC(=O)N(CC(=O)NCc2ccc(F)cc2)c2c1c(-c1ccccc1)nn2-c1ccc(C)cc1C. The number of carbonyl (C=O) groups is 2. The molecular formula is C36H33FN4O3S. The second-order valence-electron chi connectivity index (χ2n) is 11.0. The molecule has 2 heterocycles. The third-order valence-electron chi connectivity index (χ3n) is 7.84. The summed E-state index contributed by atoms with van der Waals surface area (Å²) >= 11 is 1.49. The van der Waals surface area contributed by atoms with Crippen molar-refractivity contribution in [2.75, 3.05) is 24.3 Å². The van der Waals surface area contributed by atoms with Crippen molar-refractivity contribution in [1.29, 1.82) is 0 Å². The Kier molecular flexibility index (Phi) is 8.71. The van der Waals surface area contributed by atoms with Crippen molar-refractivity contribution in [3.05, 3.63) is 131 Å². The van der Waals surface area contributed by atoms with Crippen LogP contribution >= 0.6 is 11.8 Å². The van der Waals surface area contributed by atoms with Crippen molar-refractivity contribution in [2.45, 2.75) is 25.6 Å². The highest BCUT2D eigenvalue weighted by Gasteiger charge is 2.38. The van der Waals surface area contributed by atoms with E-state index in [2.05, 4.69) is 11.4 Å². The molecule has 6 rings (SSSR count). The van der Waals surface area contributed by atoms with Gasteiger partial charge in [0.05, 0.1) is 29.5 Å². The first kappa shape index (κ1) is 30.1. The Bertz CT molecular complexity index is 1860. The summed E-state index contributed by atoms with van der Waals surface area (Å²) in [6, 6.07) is 29.8. The topological polar surface area (TPSA) is 76.5 Å². The zero-order chi connectivity index (χ0) is 31.5. The lowest BCUT2D eigenvalue weighted by Crippen LogP contribution is -2.42. The van der Waals surface area contributed by atoms with Crippen molar-refractivity contribution in [3.63, 3.8) is 0 Å². The summed E-state index contributed by atoms with van der Waals surface area (Å²) in [6.07, 6.45) is 0. The van der Waals surface area contributed by atoms with Gasteiger partial charge in [-0.2, -0.15) is 5.10 Å². The van der Waals surface area contributed by atoms with E-state index in [4.69, 9.17) is 9.84 Å². The monoisotopic (exact) mass is 620 g/mol. The van der Waals surface area contributed by atoms with E-state index < -0.39 is 0 Å². The summed E-state index contributed by atoms with van der Waals surface area (Å²) in [7, 11) is 1.64. The van der Waals surface area contributed by atoms with Crippen LogP contribution in [-0.2, 0) is 16.1 Å². The van der Waals surface area contributed by atoms with E-state index in [1.165, 1.54) is 23.9 Å². The van der Waals surface area contributed by atoms with Crippen LogP contribution in [0.2, 0.25) is 0 Å². The Balaban J connectivity index is 1.53. The van der Waals surface area contributed by atoms with Crippen LogP contribution in [0.25, 0.3) is 16.9 Å². The number of rotatable bonds is 8. The van der Waals surface area contributed by atoms with Crippen LogP contribution in [-0.4, -0.2) is 41.0 Å². The molecule has 1 N–H and O–H groups in total. The van der Waals surface area contributed by atoms with Gasteiger partial charge in [-0.1, -0.05) is 78.4 Å². The van der Waals surface area contributed by atoms with Crippen LogP contribution in [0.4, 0.5) is 10.2 Å². The summed E-state index contributed by atoms with van der Waals surface area (Å²) in [4.78, 5) is 29.1. The zero-order valence-corrected chi connectivity index (χ0v) is 26.1. The van der Waals surface area contributed by atoms with Crippen LogP contribution in [0.5, 0.6) is 5.75 Å². The summed E-state index contributed by atoms with van der Waals surface area (Å²) in [5.74, 6) is 0.503. The molecular weight excluding hydrogens is 587 g/mol. The van der Waals surface area contributed by atoms with E-state index in [0.29, 0.717) is 11.6 Å². The lowest BCUT2D eigenvalue weighted by Gasteiger charge is -2.24. The number of benzene rings is 4. The first-order chi connectivity index (χ1) is 21.8. The van der Waals surface area contributed by atoms with Gasteiger partial charge < -0.3 is 10.1 Å². The Morgan fingerprint density at radius 2 is 1.73 bits per heavy atom. The summed E-state index contributed by atoms with van der Waals surface area (Å²) in [5.41, 5.74) is 7.02. The quantitative estimate of drug-likeness (QED) is 0.207. The number of hydrogen-bond donors (Lipinski definition) is 1. The number of thioether (sulfide) groups is 1. The Morgan fingerprint density at radius 1 is 1.00 bits per heavy atom. The summed E-state index contributed by atoms with van der Waals surface area (Å²) in [5, 5.41) is 7.78. The van der Waals surface area contributed by atoms with Gasteiger partial charge in [0.1, 0.15) is 23.9 Å². The molecule has 4 aromatic carbocycles. The van der Waals surface area contributed by atoms with Gasteiger partial charge in [0.25, 0.3) is 0 Å². The number of methoxy groups -OCH3 is 1. The Labute approximate surface area is 266 Å². The molecule has 7 nitrogen and oxygen atoms in total. The van der Waals surface area contributed by atoms with Crippen LogP contribution in [0, 0.1) is 19.7 Å². The fraction of sp³-hybridized carbons (Fsp3) is 0.194. The number of nitrogens with one attached hydrogen (secondary N) is 1. The van der Waals surface area contributed by atoms with Crippen LogP contribution < -0.4 is 15.0 Å². The zero-order valence-electron chi connectivity index (χ0n) is 25.3. The van der Waals surface area contributed by atoms with Gasteiger partial charge in [0.15, 0.2) is 0 Å². The molecule has 1 atom stereocenters. The molecule has 2 amide bonds. The maximum Gasteiger partial charge on any atom is 0.240 e. The van der Waals surface area contributed by atoms with Crippen LogP contribution in [0.1, 0.15) is 33.1 Å². The van der Waals surface area contributed by atoms with Gasteiger partial charge >= 0.3 is 0 Å². The molecule has 5 aromatic rings. The van der Waals surface area contributed by atoms with E-state index in [0.717, 1.165) is 44.8 Å². The largest absolute Gasteiger partial charge is 0.496 e. The number of carbonyl (C=O) groups excluding carboxylic acids is 2. The number of hydrogen-bond acceptors (Lipinski definition) is 5. The van der Waals surface area contributed by atoms with Gasteiger partial charge in [0.2, 0.25) is 11.8 Å². The number of anilines is 1. The average molecular weight is 621 g/mol. The fourth-order valence-electron chi connectivity index (χ4n) is 5.67. The van der Waals surface area contributed by atoms with E-state index >= 15 is 0 Å². The van der Waals surface area contributed by atoms with Crippen molar-refractivity contribution in [3.8, 4) is 22.7 Å². The molecule has 0 unspecified atom stereocenters. The smallest absolute Gasteiger partial charge is 0.240 e. The highest BCUT2D eigenvalue weighted by atomic mass is 32.2. The first-order valence-electron chi connectivity index (χ1n) is 14.7. The Morgan fingerprint density at radius 3 is 2.47 bits per heavy atom. The van der Waals surface area contributed by atoms with E-state index in [1.54, 1.807) is 24.1 Å². The third-order valence-corrected chi connectivity index (χ3v) is 9.08. The van der Waals surface area contributed by atoms with E-state index in [-0.39, 0.29) is 41.7 Å². The third kappa shape index (κ3) is 6.21. The highest BCUT2D eigenvalue weighted by molar-refractivity contribution is 8.00. The number of fused-ring (bicyclic) bond motifs is 1. The number of nitrogens with zero attached hydrogens (tertiary/aromatic N) is 3. The second kappa shape index (κ2) is 13.0. The van der Waals surface area contributed by atoms with Crippen molar-refractivity contribution < 1.29 is 18.7 Å². The molecule has 0 spiro atoms. The molecule has 0 saturated heterocycles. The predicted molar refractivity (Wildman–Crippen MR) is 176 cm³/mol. The van der Waals surface area contributed by atoms with Crippen molar-refractivity contribution in [1.82, 2.24) is 15.1 Å². The highest BCUT2D eigenvalue weighted by Crippen LogP contribution is 2.50. The molecule has 228 valence electrons. The first-order valence-corrected chi connectivity index (χ1v) is 15.7. The van der Waals surface area contributed by atoms with Crippen molar-refractivity contribution >= 4 is 29.4 Å². The number of aromatic nitrogens is 2. The molecule has 0 saturated carbocycles. The molecule has 9 heteroatoms. The number of halogens is 1. The van der Waals surface area contributed by atoms with Crippen LogP contribution in [0.15, 0.2) is 97.1 Å². The van der Waals surface area contributed by atoms with Crippen molar-refractivity contribution in [2.24, 2.45) is 0 Å². The number of aryl methyl sites for hydroxylation is 2. The normalized spacial score (nSPS) is 14.5. The molecule has 0 fully saturated rings. The van der Waals surface area contributed by atoms with Gasteiger partial charge in [0, 0.05) is 23.2 Å². The molecule has 1 aromatic heterocycles. The molecule has 0 aliphatic carbocycles. The van der Waals surface area contributed by atoms with Gasteiger partial charge in [-0.15, -0.1) is 11.8 Å². The molecule has 0 radical (unpaired) electrons. The molecule has 1 aliphatic heterocycles. The lowest BCUT2D eigenvalue weighted by molar-refractivity contribution is -0.123. The maximum absolute atomic E-state index is 14.0. The minimum atomic E-state index is -0.344. The van der Waals surface area contributed by atoms with Gasteiger partial charge in [-0.3, -0.25) is 14.5 Å². The molecule has 45 heavy (non-hydrogen) atoms. The van der Waals surface area contributed by atoms with Gasteiger partial charge in [-0.25, -0.2) is 9.07 Å². The fourth-order valence-corrected chi connectivity index (χ4v) is 6.89. The predicted octanol–water partition coefficient (Wildman–Crippen LogP) is 6.79. The minimum Gasteiger partial charge on any atom is -0.496 e. The maximum atomic E-state index is 14.0. The van der Waals surface area contributed by atoms with E-state index in [9.17, 15) is 14.0 Å². The number of ether oxygens (including phenoxy) is 1. The second-order valence-corrected chi connectivity index (χ2v) is 12.1. The van der Waals surface area contributed by atoms with Gasteiger partial charge in [-0.05, 0) is 49.2 Å². The minimum absolute atomic E-state index is 0.143. The molecule has 1 aliphatic rings. The standard InChI is InChI=1S/C36H33FN4O3S/c1-23-13-18-29(24(2)19-23)41-36-33(34(39-41)26-9-5-4-6-10-26)35(28-11-7-8-12-30(28)44-3)45-22-32(43)40(36)21-31(42)38-20-25-14-16-27(37)17-15-25/h4-19,35H,20-22H2,1-3H3,(H,38,42)/t35-/m0/s1. The summed E-state index contributed by atoms with van der Waals surface area (Å²) < 4.78 is 21.0. The average Bonchev–Trinajstić information content (AvgIpc) is 3.37. The summed E-state index contributed by atoms with van der Waals surface area (Å²) in [6.45, 7) is 4.05.